The van der Waals surface area contributed by atoms with Gasteiger partial charge in [-0.2, -0.15) is 0 Å². The van der Waals surface area contributed by atoms with E-state index in [1.807, 2.05) is 6.26 Å². The summed E-state index contributed by atoms with van der Waals surface area (Å²) >= 11 is 1.52. The van der Waals surface area contributed by atoms with Crippen LogP contribution in [0.2, 0.25) is 0 Å². The molecule has 7 nitrogen and oxygen atoms in total. The number of esters is 1. The molecule has 0 fully saturated rings. The van der Waals surface area contributed by atoms with Gasteiger partial charge in [-0.3, -0.25) is 9.59 Å². The molecule has 0 aliphatic heterocycles. The van der Waals surface area contributed by atoms with Crippen molar-refractivity contribution in [3.63, 3.8) is 0 Å². The van der Waals surface area contributed by atoms with Crippen LogP contribution in [-0.2, 0) is 14.3 Å². The quantitative estimate of drug-likeness (QED) is 0.583. The predicted octanol–water partition coefficient (Wildman–Crippen LogP) is 0.778. The van der Waals surface area contributed by atoms with Crippen molar-refractivity contribution in [2.24, 2.45) is 0 Å². The summed E-state index contributed by atoms with van der Waals surface area (Å²) in [6.07, 6.45) is 1.91. The second-order valence-electron chi connectivity index (χ2n) is 4.71. The smallest absolute Gasteiger partial charge is 0.342 e. The highest BCUT2D eigenvalue weighted by atomic mass is 32.2. The number of carbonyl (C=O) groups is 3. The van der Waals surface area contributed by atoms with Gasteiger partial charge in [0.1, 0.15) is 11.3 Å². The third-order valence-electron chi connectivity index (χ3n) is 2.90. The molecule has 0 unspecified atom stereocenters. The molecule has 1 N–H and O–H groups in total. The first-order valence-corrected chi connectivity index (χ1v) is 7.97. The minimum absolute atomic E-state index is 0.144. The highest BCUT2D eigenvalue weighted by molar-refractivity contribution is 7.98. The number of carbonyl (C=O) groups excluding carboxylic acids is 3. The van der Waals surface area contributed by atoms with Crippen molar-refractivity contribution in [2.45, 2.75) is 4.90 Å². The van der Waals surface area contributed by atoms with E-state index in [0.717, 1.165) is 4.90 Å². The summed E-state index contributed by atoms with van der Waals surface area (Å²) in [4.78, 5) is 37.2. The molecule has 0 spiro atoms. The molecule has 0 saturated heterocycles. The van der Waals surface area contributed by atoms with Crippen LogP contribution in [0.3, 0.4) is 0 Å². The van der Waals surface area contributed by atoms with Crippen LogP contribution in [0.5, 0.6) is 5.75 Å². The Morgan fingerprint density at radius 1 is 1.26 bits per heavy atom. The van der Waals surface area contributed by atoms with Crippen LogP contribution in [-0.4, -0.2) is 63.3 Å². The van der Waals surface area contributed by atoms with Gasteiger partial charge < -0.3 is 19.7 Å². The highest BCUT2D eigenvalue weighted by Crippen LogP contribution is 2.25. The normalized spacial score (nSPS) is 9.91. The molecule has 0 saturated carbocycles. The lowest BCUT2D eigenvalue weighted by molar-refractivity contribution is -0.131. The average Bonchev–Trinajstić information content (AvgIpc) is 2.56. The molecule has 0 bridgehead atoms. The number of thioether (sulfide) groups is 1. The Balaban J connectivity index is 2.57. The number of hydrogen-bond acceptors (Lipinski definition) is 6. The maximum absolute atomic E-state index is 12.0. The van der Waals surface area contributed by atoms with Crippen LogP contribution in [0, 0.1) is 0 Å². The number of nitrogens with zero attached hydrogens (tertiary/aromatic N) is 1. The monoisotopic (exact) mass is 340 g/mol. The molecular formula is C15H20N2O5S. The Morgan fingerprint density at radius 2 is 1.96 bits per heavy atom. The minimum atomic E-state index is -0.663. The van der Waals surface area contributed by atoms with Gasteiger partial charge in [-0.15, -0.1) is 11.8 Å². The molecule has 0 heterocycles. The number of methoxy groups -OCH3 is 1. The Bertz CT molecular complexity index is 589. The van der Waals surface area contributed by atoms with E-state index in [1.165, 1.54) is 23.8 Å². The topological polar surface area (TPSA) is 84.9 Å². The van der Waals surface area contributed by atoms with Crippen LogP contribution in [0.1, 0.15) is 10.4 Å². The number of hydrogen-bond donors (Lipinski definition) is 1. The average molecular weight is 340 g/mol. The summed E-state index contributed by atoms with van der Waals surface area (Å²) in [5.74, 6) is -1.08. The summed E-state index contributed by atoms with van der Waals surface area (Å²) < 4.78 is 10.1. The van der Waals surface area contributed by atoms with E-state index in [1.54, 1.807) is 32.3 Å². The molecule has 8 heteroatoms. The molecule has 1 aromatic carbocycles. The zero-order valence-electron chi connectivity index (χ0n) is 13.5. The Hall–Kier alpha value is -2.22. The van der Waals surface area contributed by atoms with Gasteiger partial charge in [-0.1, -0.05) is 0 Å². The second-order valence-corrected chi connectivity index (χ2v) is 5.59. The van der Waals surface area contributed by atoms with Crippen molar-refractivity contribution in [1.82, 2.24) is 10.2 Å². The van der Waals surface area contributed by atoms with Crippen molar-refractivity contribution in [2.75, 3.05) is 40.6 Å². The highest BCUT2D eigenvalue weighted by Gasteiger charge is 2.16. The van der Waals surface area contributed by atoms with E-state index >= 15 is 0 Å². The number of benzene rings is 1. The molecule has 0 aromatic heterocycles. The molecule has 2 amide bonds. The fraction of sp³-hybridized carbons (Fsp3) is 0.400. The first-order chi connectivity index (χ1) is 10.9. The molecule has 23 heavy (non-hydrogen) atoms. The van der Waals surface area contributed by atoms with Crippen LogP contribution in [0.25, 0.3) is 0 Å². The molecule has 0 aliphatic carbocycles. The van der Waals surface area contributed by atoms with Gasteiger partial charge >= 0.3 is 5.97 Å². The summed E-state index contributed by atoms with van der Waals surface area (Å²) in [5, 5.41) is 2.38. The minimum Gasteiger partial charge on any atom is -0.496 e. The number of likely N-dealkylation sites (N-methyl/N-ethyl adjacent to an activating group) is 1. The zero-order chi connectivity index (χ0) is 17.4. The summed E-state index contributed by atoms with van der Waals surface area (Å²) in [6, 6.07) is 5.07. The van der Waals surface area contributed by atoms with E-state index in [-0.39, 0.29) is 18.0 Å². The van der Waals surface area contributed by atoms with Crippen LogP contribution in [0.4, 0.5) is 0 Å². The third-order valence-corrected chi connectivity index (χ3v) is 3.62. The van der Waals surface area contributed by atoms with Gasteiger partial charge in [-0.25, -0.2) is 4.79 Å². The fourth-order valence-electron chi connectivity index (χ4n) is 1.56. The summed E-state index contributed by atoms with van der Waals surface area (Å²) in [5.41, 5.74) is 0.238. The predicted molar refractivity (Wildman–Crippen MR) is 86.8 cm³/mol. The molecule has 1 rings (SSSR count). The largest absolute Gasteiger partial charge is 0.496 e. The molecular weight excluding hydrogens is 320 g/mol. The SMILES string of the molecule is COc1cc(SC)ccc1C(=O)OCC(=O)NCC(=O)N(C)C. The second kappa shape index (κ2) is 9.04. The van der Waals surface area contributed by atoms with Crippen molar-refractivity contribution in [3.8, 4) is 5.75 Å². The van der Waals surface area contributed by atoms with Crippen LogP contribution < -0.4 is 10.1 Å². The lowest BCUT2D eigenvalue weighted by atomic mass is 10.2. The Kier molecular flexibility index (Phi) is 7.40. The number of amides is 2. The molecule has 126 valence electrons. The molecule has 0 aliphatic rings. The maximum Gasteiger partial charge on any atom is 0.342 e. The Labute approximate surface area is 139 Å². The van der Waals surface area contributed by atoms with Crippen molar-refractivity contribution in [3.05, 3.63) is 23.8 Å². The van der Waals surface area contributed by atoms with E-state index in [2.05, 4.69) is 5.32 Å². The van der Waals surface area contributed by atoms with Gasteiger partial charge in [-0.05, 0) is 24.5 Å². The first-order valence-electron chi connectivity index (χ1n) is 6.75. The lowest BCUT2D eigenvalue weighted by Gasteiger charge is -2.12. The van der Waals surface area contributed by atoms with Crippen molar-refractivity contribution in [1.29, 1.82) is 0 Å². The van der Waals surface area contributed by atoms with Gasteiger partial charge in [0.2, 0.25) is 5.91 Å². The van der Waals surface area contributed by atoms with E-state index in [4.69, 9.17) is 9.47 Å². The first kappa shape index (κ1) is 18.8. The van der Waals surface area contributed by atoms with Crippen LogP contribution >= 0.6 is 11.8 Å². The number of ether oxygens (including phenoxy) is 2. The summed E-state index contributed by atoms with van der Waals surface area (Å²) in [7, 11) is 4.62. The number of rotatable bonds is 7. The molecule has 1 aromatic rings. The van der Waals surface area contributed by atoms with Crippen molar-refractivity contribution < 1.29 is 23.9 Å². The lowest BCUT2D eigenvalue weighted by Crippen LogP contribution is -2.38. The van der Waals surface area contributed by atoms with Crippen LogP contribution in [0.15, 0.2) is 23.1 Å². The van der Waals surface area contributed by atoms with Gasteiger partial charge in [0.15, 0.2) is 6.61 Å². The summed E-state index contributed by atoms with van der Waals surface area (Å²) in [6.45, 7) is -0.609. The number of nitrogens with one attached hydrogen (secondary N) is 1. The maximum atomic E-state index is 12.0. The standard InChI is InChI=1S/C15H20N2O5S/c1-17(2)14(19)8-16-13(18)9-22-15(20)11-6-5-10(23-4)7-12(11)21-3/h5-7H,8-9H2,1-4H3,(H,16,18). The third kappa shape index (κ3) is 5.82. The fourth-order valence-corrected chi connectivity index (χ4v) is 1.99. The molecule has 0 atom stereocenters. The van der Waals surface area contributed by atoms with Gasteiger partial charge in [0, 0.05) is 19.0 Å². The van der Waals surface area contributed by atoms with Gasteiger partial charge in [0.05, 0.1) is 13.7 Å². The molecule has 0 radical (unpaired) electrons. The van der Waals surface area contributed by atoms with E-state index < -0.39 is 18.5 Å². The zero-order valence-corrected chi connectivity index (χ0v) is 14.4. The Morgan fingerprint density at radius 3 is 2.52 bits per heavy atom. The van der Waals surface area contributed by atoms with Crippen molar-refractivity contribution >= 4 is 29.5 Å². The van der Waals surface area contributed by atoms with E-state index in [9.17, 15) is 14.4 Å². The van der Waals surface area contributed by atoms with E-state index in [0.29, 0.717) is 5.75 Å². The van der Waals surface area contributed by atoms with Gasteiger partial charge in [0.25, 0.3) is 5.91 Å².